The van der Waals surface area contributed by atoms with Crippen molar-refractivity contribution in [1.29, 1.82) is 0 Å². The minimum absolute atomic E-state index is 0. The summed E-state index contributed by atoms with van der Waals surface area (Å²) >= 11 is 0. The molecule has 1 amide bonds. The summed E-state index contributed by atoms with van der Waals surface area (Å²) in [5.74, 6) is -0.322. The van der Waals surface area contributed by atoms with Gasteiger partial charge in [0.25, 0.3) is 5.91 Å². The van der Waals surface area contributed by atoms with Crippen LogP contribution >= 0.6 is 0 Å². The summed E-state index contributed by atoms with van der Waals surface area (Å²) in [5.41, 5.74) is 1.77. The Hall–Kier alpha value is -3.32. The highest BCUT2D eigenvalue weighted by atomic mass is 19.1. The zero-order valence-corrected chi connectivity index (χ0v) is 18.3. The van der Waals surface area contributed by atoms with E-state index in [9.17, 15) is 14.3 Å². The van der Waals surface area contributed by atoms with E-state index in [2.05, 4.69) is 9.97 Å². The maximum absolute atomic E-state index is 14.8. The van der Waals surface area contributed by atoms with Crippen LogP contribution in [0.2, 0.25) is 0 Å². The van der Waals surface area contributed by atoms with Gasteiger partial charge in [0.1, 0.15) is 5.82 Å². The molecule has 1 aromatic heterocycles. The highest BCUT2D eigenvalue weighted by molar-refractivity contribution is 6.00. The number of anilines is 1. The molecule has 1 atom stereocenters. The van der Waals surface area contributed by atoms with Gasteiger partial charge in [-0.2, -0.15) is 0 Å². The van der Waals surface area contributed by atoms with Gasteiger partial charge in [-0.25, -0.2) is 14.4 Å². The van der Waals surface area contributed by atoms with Gasteiger partial charge in [0.15, 0.2) is 0 Å². The molecular formula is C25H29FN4O2. The molecule has 3 aromatic rings. The Morgan fingerprint density at radius 3 is 2.59 bits per heavy atom. The Balaban J connectivity index is 0.00000306. The molecule has 168 valence electrons. The molecule has 6 nitrogen and oxygen atoms in total. The summed E-state index contributed by atoms with van der Waals surface area (Å²) < 4.78 is 14.8. The van der Waals surface area contributed by atoms with Crippen LogP contribution in [0, 0.1) is 5.82 Å². The zero-order chi connectivity index (χ0) is 22.7. The minimum atomic E-state index is -0.452. The normalized spacial score (nSPS) is 15.9. The number of hydrogen-bond donors (Lipinski definition) is 1. The lowest BCUT2D eigenvalue weighted by Gasteiger charge is -2.28. The van der Waals surface area contributed by atoms with Gasteiger partial charge in [-0.3, -0.25) is 4.79 Å². The third-order valence-electron chi connectivity index (χ3n) is 5.66. The number of halogens is 1. The van der Waals surface area contributed by atoms with Gasteiger partial charge in [0, 0.05) is 38.9 Å². The molecule has 0 spiro atoms. The fraction of sp³-hybridized carbons (Fsp3) is 0.320. The van der Waals surface area contributed by atoms with Crippen LogP contribution in [0.15, 0.2) is 60.8 Å². The first-order valence-electron chi connectivity index (χ1n) is 10.8. The summed E-state index contributed by atoms with van der Waals surface area (Å²) in [6.45, 7) is 5.34. The Kier molecular flexibility index (Phi) is 6.46. The summed E-state index contributed by atoms with van der Waals surface area (Å²) in [4.78, 5) is 26.3. The van der Waals surface area contributed by atoms with E-state index in [-0.39, 0.29) is 30.2 Å². The van der Waals surface area contributed by atoms with Crippen LogP contribution in [0.1, 0.15) is 37.6 Å². The van der Waals surface area contributed by atoms with E-state index in [4.69, 9.17) is 0 Å². The van der Waals surface area contributed by atoms with Gasteiger partial charge in [0.05, 0.1) is 17.4 Å². The molecule has 0 radical (unpaired) electrons. The number of β-amino-alcohol motifs (C(OH)–C–C–N with tert-alkyl or cyclic N) is 1. The molecule has 1 aliphatic heterocycles. The first-order valence-corrected chi connectivity index (χ1v) is 10.8. The summed E-state index contributed by atoms with van der Waals surface area (Å²) in [6, 6.07) is 16.0. The molecule has 1 fully saturated rings. The van der Waals surface area contributed by atoms with Crippen molar-refractivity contribution in [2.24, 2.45) is 0 Å². The van der Waals surface area contributed by atoms with Gasteiger partial charge >= 0.3 is 0 Å². The number of aromatic nitrogens is 2. The van der Waals surface area contributed by atoms with Gasteiger partial charge in [-0.15, -0.1) is 0 Å². The molecule has 32 heavy (non-hydrogen) atoms. The first-order chi connectivity index (χ1) is 15.4. The van der Waals surface area contributed by atoms with Crippen molar-refractivity contribution < 1.29 is 15.7 Å². The van der Waals surface area contributed by atoms with E-state index in [1.165, 1.54) is 12.3 Å². The highest BCUT2D eigenvalue weighted by Crippen LogP contribution is 2.29. The molecular weight excluding hydrogens is 407 g/mol. The molecule has 2 heterocycles. The lowest BCUT2D eigenvalue weighted by molar-refractivity contribution is 0.0690. The van der Waals surface area contributed by atoms with Gasteiger partial charge in [-0.05, 0) is 38.0 Å². The second kappa shape index (κ2) is 9.44. The standard InChI is InChI=1S/C25H27FN4O2.H2/c1-17(2)30(15-18-8-4-3-5-9-18)24(32)21-14-27-25(29-13-12-19(31)16-29)28-23(21)20-10-6-7-11-22(20)26;/h3-11,14,17,19,31H,12-13,15-16H2,1-2H3;1H. The largest absolute Gasteiger partial charge is 0.391 e. The van der Waals surface area contributed by atoms with Crippen molar-refractivity contribution in [2.75, 3.05) is 18.0 Å². The predicted molar refractivity (Wildman–Crippen MR) is 124 cm³/mol. The molecule has 1 unspecified atom stereocenters. The number of aliphatic hydroxyl groups excluding tert-OH is 1. The van der Waals surface area contributed by atoms with E-state index in [1.54, 1.807) is 23.1 Å². The topological polar surface area (TPSA) is 69.6 Å². The quantitative estimate of drug-likeness (QED) is 0.629. The minimum Gasteiger partial charge on any atom is -0.391 e. The first kappa shape index (κ1) is 21.9. The Morgan fingerprint density at radius 2 is 1.94 bits per heavy atom. The van der Waals surface area contributed by atoms with Crippen molar-refractivity contribution in [2.45, 2.75) is 39.0 Å². The van der Waals surface area contributed by atoms with E-state index in [1.807, 2.05) is 49.1 Å². The van der Waals surface area contributed by atoms with E-state index in [0.29, 0.717) is 32.0 Å². The average Bonchev–Trinajstić information content (AvgIpc) is 3.24. The number of benzene rings is 2. The smallest absolute Gasteiger partial charge is 0.258 e. The molecule has 0 aliphatic carbocycles. The van der Waals surface area contributed by atoms with Crippen molar-refractivity contribution >= 4 is 11.9 Å². The van der Waals surface area contributed by atoms with Gasteiger partial charge < -0.3 is 14.9 Å². The van der Waals surface area contributed by atoms with Crippen LogP contribution in [0.5, 0.6) is 0 Å². The third kappa shape index (κ3) is 4.62. The summed E-state index contributed by atoms with van der Waals surface area (Å²) in [7, 11) is 0. The Labute approximate surface area is 188 Å². The van der Waals surface area contributed by atoms with Crippen molar-refractivity contribution in [3.05, 3.63) is 77.7 Å². The summed E-state index contributed by atoms with van der Waals surface area (Å²) in [6.07, 6.45) is 1.66. The van der Waals surface area contributed by atoms with E-state index in [0.717, 1.165) is 5.56 Å². The number of nitrogens with zero attached hydrogens (tertiary/aromatic N) is 4. The molecule has 0 saturated carbocycles. The van der Waals surface area contributed by atoms with Crippen LogP contribution < -0.4 is 4.90 Å². The van der Waals surface area contributed by atoms with Crippen LogP contribution in [0.4, 0.5) is 10.3 Å². The third-order valence-corrected chi connectivity index (χ3v) is 5.66. The number of aliphatic hydroxyl groups is 1. The monoisotopic (exact) mass is 436 g/mol. The van der Waals surface area contributed by atoms with E-state index >= 15 is 0 Å². The SMILES string of the molecule is CC(C)N(Cc1ccccc1)C(=O)c1cnc(N2CCC(O)C2)nc1-c1ccccc1F.[HH]. The van der Waals surface area contributed by atoms with Crippen molar-refractivity contribution in [3.8, 4) is 11.3 Å². The van der Waals surface area contributed by atoms with Crippen LogP contribution in [0.25, 0.3) is 11.3 Å². The number of rotatable bonds is 6. The highest BCUT2D eigenvalue weighted by Gasteiger charge is 2.28. The number of carbonyl (C=O) groups is 1. The molecule has 7 heteroatoms. The second-order valence-electron chi connectivity index (χ2n) is 8.31. The number of carbonyl (C=O) groups excluding carboxylic acids is 1. The van der Waals surface area contributed by atoms with Crippen LogP contribution in [0.3, 0.4) is 0 Å². The number of hydrogen-bond acceptors (Lipinski definition) is 5. The Bertz CT molecular complexity index is 1100. The van der Waals surface area contributed by atoms with Gasteiger partial charge in [0.2, 0.25) is 5.95 Å². The van der Waals surface area contributed by atoms with Crippen LogP contribution in [-0.2, 0) is 6.54 Å². The lowest BCUT2D eigenvalue weighted by Crippen LogP contribution is -2.37. The predicted octanol–water partition coefficient (Wildman–Crippen LogP) is 4.15. The fourth-order valence-electron chi connectivity index (χ4n) is 3.89. The lowest BCUT2D eigenvalue weighted by atomic mass is 10.0. The molecule has 2 aromatic carbocycles. The maximum Gasteiger partial charge on any atom is 0.258 e. The van der Waals surface area contributed by atoms with Crippen molar-refractivity contribution in [3.63, 3.8) is 0 Å². The van der Waals surface area contributed by atoms with Gasteiger partial charge in [-0.1, -0.05) is 42.5 Å². The second-order valence-corrected chi connectivity index (χ2v) is 8.31. The van der Waals surface area contributed by atoms with Crippen LogP contribution in [-0.4, -0.2) is 51.1 Å². The molecule has 1 N–H and O–H groups in total. The summed E-state index contributed by atoms with van der Waals surface area (Å²) in [5, 5.41) is 9.89. The number of amides is 1. The maximum atomic E-state index is 14.8. The molecule has 4 rings (SSSR count). The fourth-order valence-corrected chi connectivity index (χ4v) is 3.89. The Morgan fingerprint density at radius 1 is 1.22 bits per heavy atom. The van der Waals surface area contributed by atoms with Crippen molar-refractivity contribution in [1.82, 2.24) is 14.9 Å². The molecule has 1 aliphatic rings. The van der Waals surface area contributed by atoms with E-state index < -0.39 is 11.9 Å². The molecule has 0 bridgehead atoms. The molecule has 1 saturated heterocycles. The zero-order valence-electron chi connectivity index (χ0n) is 18.3. The average molecular weight is 437 g/mol.